The number of carbonyl (C=O) groups excluding carboxylic acids is 1. The highest BCUT2D eigenvalue weighted by molar-refractivity contribution is 5.86. The summed E-state index contributed by atoms with van der Waals surface area (Å²) in [5.41, 5.74) is 0.838. The van der Waals surface area contributed by atoms with Gasteiger partial charge in [-0.25, -0.2) is 0 Å². The van der Waals surface area contributed by atoms with Crippen LogP contribution in [0.15, 0.2) is 0 Å². The molecule has 0 spiro atoms. The summed E-state index contributed by atoms with van der Waals surface area (Å²) < 4.78 is 0. The zero-order valence-corrected chi connectivity index (χ0v) is 38.9. The number of fused-ring (bicyclic) bond motifs is 10. The molecule has 8 saturated carbocycles. The maximum absolute atomic E-state index is 13.9. The highest BCUT2D eigenvalue weighted by atomic mass is 16.4. The van der Waals surface area contributed by atoms with Gasteiger partial charge in [-0.1, -0.05) is 61.8 Å². The lowest BCUT2D eigenvalue weighted by Gasteiger charge is -2.64. The predicted octanol–water partition coefficient (Wildman–Crippen LogP) is 10.4. The fourth-order valence-corrected chi connectivity index (χ4v) is 18.6. The van der Waals surface area contributed by atoms with Crippen molar-refractivity contribution in [1.82, 2.24) is 0 Å². The molecule has 0 bridgehead atoms. The van der Waals surface area contributed by atoms with Crippen LogP contribution in [0.4, 0.5) is 0 Å². The summed E-state index contributed by atoms with van der Waals surface area (Å²) in [5.74, 6) is 4.89. The second-order valence-corrected chi connectivity index (χ2v) is 23.9. The first-order valence-electron chi connectivity index (χ1n) is 25.3. The van der Waals surface area contributed by atoms with Gasteiger partial charge in [0.25, 0.3) is 0 Å². The quantitative estimate of drug-likeness (QED) is 0.146. The van der Waals surface area contributed by atoms with E-state index in [2.05, 4.69) is 55.4 Å². The van der Waals surface area contributed by atoms with Crippen LogP contribution >= 0.6 is 0 Å². The lowest BCUT2D eigenvalue weighted by atomic mass is 9.41. The number of hydrogen-bond acceptors (Lipinski definition) is 6. The molecule has 342 valence electrons. The Bertz CT molecular complexity index is 1560. The van der Waals surface area contributed by atoms with Gasteiger partial charge in [-0.15, -0.1) is 0 Å². The number of ketones is 1. The van der Waals surface area contributed by atoms with Crippen molar-refractivity contribution in [2.75, 3.05) is 0 Å². The second kappa shape index (κ2) is 17.5. The zero-order chi connectivity index (χ0) is 43.7. The molecule has 0 aromatic rings. The summed E-state index contributed by atoms with van der Waals surface area (Å²) in [7, 11) is 0. The number of carboxylic acids is 2. The summed E-state index contributed by atoms with van der Waals surface area (Å²) >= 11 is 0. The Balaban J connectivity index is 0.000000181. The molecule has 0 aromatic carbocycles. The van der Waals surface area contributed by atoms with Crippen molar-refractivity contribution in [2.24, 2.45) is 105 Å². The Kier molecular flexibility index (Phi) is 13.5. The molecule has 21 atom stereocenters. The van der Waals surface area contributed by atoms with E-state index in [9.17, 15) is 29.7 Å². The van der Waals surface area contributed by atoms with Gasteiger partial charge in [0.15, 0.2) is 0 Å². The van der Waals surface area contributed by atoms with Gasteiger partial charge >= 0.3 is 11.9 Å². The molecular formula is C52H86O8. The lowest BCUT2D eigenvalue weighted by Crippen LogP contribution is -2.62. The van der Waals surface area contributed by atoms with Crippen LogP contribution in [-0.4, -0.2) is 61.6 Å². The van der Waals surface area contributed by atoms with E-state index in [0.717, 1.165) is 83.5 Å². The van der Waals surface area contributed by atoms with Gasteiger partial charge in [-0.05, 0) is 202 Å². The Morgan fingerprint density at radius 2 is 1.02 bits per heavy atom. The standard InChI is InChI=1S/C26H44O4.C26H42O4/c2*1-5-17-21-14-16(27)10-12-26(21,4)20-11-13-25(3)18(15(2)6-9-22(28)29)7-8-19(25)23(20)24(17)30/h15-21,23-24,27,30H,5-14H2,1-4H3,(H,28,29);15-21,23,27H,5-14H2,1-4H3,(H,28,29)/t15-,16-,17-,18-,19?,20?,21+,23+,24-,25-,26-;15-,16-,17-,18-,19?,20?,21+,23+,25-,26-/m11/s1. The summed E-state index contributed by atoms with van der Waals surface area (Å²) in [6.45, 7) is 18.7. The molecule has 60 heavy (non-hydrogen) atoms. The van der Waals surface area contributed by atoms with Crippen LogP contribution in [0.3, 0.4) is 0 Å². The molecule has 0 aromatic heterocycles. The van der Waals surface area contributed by atoms with Crippen LogP contribution in [0.2, 0.25) is 0 Å². The van der Waals surface area contributed by atoms with E-state index in [1.807, 2.05) is 0 Å². The average molecular weight is 839 g/mol. The third kappa shape index (κ3) is 7.68. The van der Waals surface area contributed by atoms with E-state index in [1.165, 1.54) is 32.1 Å². The Morgan fingerprint density at radius 1 is 0.583 bits per heavy atom. The SMILES string of the molecule is CC[C@H]1C(=O)[C@H]2C3CC[C@H]([C@H](C)CCC(=O)O)[C@@]3(C)CCC2[C@@]2(C)CC[C@@H](O)C[C@@H]12.CC[C@H]1[C@@H](O)[C@H]2C3CC[C@H]([C@H](C)CCC(=O)O)[C@@]3(C)CCC2[C@@]2(C)CC[C@@H](O)C[C@@H]12. The van der Waals surface area contributed by atoms with Crippen LogP contribution in [-0.2, 0) is 14.4 Å². The first kappa shape index (κ1) is 46.5. The molecule has 0 saturated heterocycles. The van der Waals surface area contributed by atoms with E-state index < -0.39 is 11.9 Å². The summed E-state index contributed by atoms with van der Waals surface area (Å²) in [4.78, 5) is 36.1. The van der Waals surface area contributed by atoms with Crippen molar-refractivity contribution in [3.05, 3.63) is 0 Å². The van der Waals surface area contributed by atoms with Crippen molar-refractivity contribution in [1.29, 1.82) is 0 Å². The molecule has 8 rings (SSSR count). The van der Waals surface area contributed by atoms with Crippen LogP contribution in [0.1, 0.15) is 184 Å². The Hall–Kier alpha value is -1.51. The van der Waals surface area contributed by atoms with E-state index in [4.69, 9.17) is 10.2 Å². The monoisotopic (exact) mass is 839 g/mol. The first-order valence-corrected chi connectivity index (χ1v) is 25.3. The minimum absolute atomic E-state index is 0.108. The highest BCUT2D eigenvalue weighted by Crippen LogP contribution is 2.71. The number of carbonyl (C=O) groups is 3. The smallest absolute Gasteiger partial charge is 0.303 e. The lowest BCUT2D eigenvalue weighted by molar-refractivity contribution is -0.203. The Labute approximate surface area is 363 Å². The molecule has 0 amide bonds. The fourth-order valence-electron chi connectivity index (χ4n) is 18.6. The van der Waals surface area contributed by atoms with E-state index in [1.54, 1.807) is 0 Å². The number of Topliss-reactive ketones (excluding diaryl/α,β-unsaturated/α-hetero) is 1. The minimum atomic E-state index is -0.697. The number of rotatable bonds is 10. The molecule has 8 fully saturated rings. The summed E-state index contributed by atoms with van der Waals surface area (Å²) in [5, 5.41) is 50.8. The highest BCUT2D eigenvalue weighted by Gasteiger charge is 2.67. The first-order chi connectivity index (χ1) is 28.3. The van der Waals surface area contributed by atoms with Gasteiger partial charge in [0.05, 0.1) is 18.3 Å². The number of aliphatic carboxylic acids is 2. The van der Waals surface area contributed by atoms with Crippen molar-refractivity contribution in [3.63, 3.8) is 0 Å². The number of carboxylic acid groups (broad SMARTS) is 2. The largest absolute Gasteiger partial charge is 0.481 e. The summed E-state index contributed by atoms with van der Waals surface area (Å²) in [6.07, 6.45) is 18.3. The molecule has 4 unspecified atom stereocenters. The van der Waals surface area contributed by atoms with E-state index >= 15 is 0 Å². The molecule has 0 radical (unpaired) electrons. The van der Waals surface area contributed by atoms with Crippen molar-refractivity contribution >= 4 is 17.7 Å². The van der Waals surface area contributed by atoms with Gasteiger partial charge in [-0.2, -0.15) is 0 Å². The van der Waals surface area contributed by atoms with Crippen LogP contribution < -0.4 is 0 Å². The molecular weight excluding hydrogens is 753 g/mol. The maximum atomic E-state index is 13.9. The average Bonchev–Trinajstić information content (AvgIpc) is 3.74. The van der Waals surface area contributed by atoms with E-state index in [0.29, 0.717) is 76.8 Å². The summed E-state index contributed by atoms with van der Waals surface area (Å²) in [6, 6.07) is 0. The van der Waals surface area contributed by atoms with Crippen LogP contribution in [0, 0.1) is 105 Å². The number of hydrogen-bond donors (Lipinski definition) is 5. The van der Waals surface area contributed by atoms with Crippen molar-refractivity contribution in [2.45, 2.75) is 202 Å². The van der Waals surface area contributed by atoms with Crippen molar-refractivity contribution in [3.8, 4) is 0 Å². The van der Waals surface area contributed by atoms with Gasteiger partial charge in [-0.3, -0.25) is 14.4 Å². The van der Waals surface area contributed by atoms with E-state index in [-0.39, 0.29) is 64.6 Å². The normalized spacial score (nSPS) is 50.3. The van der Waals surface area contributed by atoms with Crippen LogP contribution in [0.5, 0.6) is 0 Å². The maximum Gasteiger partial charge on any atom is 0.303 e. The topological polar surface area (TPSA) is 152 Å². The fraction of sp³-hybridized carbons (Fsp3) is 0.942. The third-order valence-corrected chi connectivity index (χ3v) is 21.7. The zero-order valence-electron chi connectivity index (χ0n) is 38.9. The molecule has 8 nitrogen and oxygen atoms in total. The molecule has 5 N–H and O–H groups in total. The predicted molar refractivity (Wildman–Crippen MR) is 235 cm³/mol. The molecule has 8 aliphatic rings. The van der Waals surface area contributed by atoms with Gasteiger partial charge < -0.3 is 25.5 Å². The Morgan fingerprint density at radius 3 is 1.53 bits per heavy atom. The second-order valence-electron chi connectivity index (χ2n) is 23.9. The third-order valence-electron chi connectivity index (χ3n) is 21.7. The van der Waals surface area contributed by atoms with Gasteiger partial charge in [0.1, 0.15) is 5.78 Å². The van der Waals surface area contributed by atoms with Gasteiger partial charge in [0.2, 0.25) is 0 Å². The molecule has 0 heterocycles. The molecule has 8 heteroatoms. The van der Waals surface area contributed by atoms with Crippen molar-refractivity contribution < 1.29 is 39.9 Å². The number of aliphatic hydroxyl groups excluding tert-OH is 3. The molecule has 8 aliphatic carbocycles. The van der Waals surface area contributed by atoms with Gasteiger partial charge in [0, 0.05) is 24.7 Å². The minimum Gasteiger partial charge on any atom is -0.481 e. The molecule has 0 aliphatic heterocycles. The van der Waals surface area contributed by atoms with Crippen LogP contribution in [0.25, 0.3) is 0 Å². The number of aliphatic hydroxyl groups is 3.